The molecule has 0 rings (SSSR count). The molecular formula is C21H37N7O11S. The van der Waals surface area contributed by atoms with Gasteiger partial charge < -0.3 is 58.5 Å². The van der Waals surface area contributed by atoms with E-state index in [1.165, 1.54) is 6.92 Å². The highest BCUT2D eigenvalue weighted by atomic mass is 32.1. The van der Waals surface area contributed by atoms with E-state index in [4.69, 9.17) is 21.7 Å². The van der Waals surface area contributed by atoms with E-state index in [1.807, 2.05) is 5.32 Å². The number of carbonyl (C=O) groups is 7. The van der Waals surface area contributed by atoms with Gasteiger partial charge in [-0.2, -0.15) is 12.6 Å². The molecule has 0 bridgehead atoms. The Bertz CT molecular complexity index is 950. The summed E-state index contributed by atoms with van der Waals surface area (Å²) in [6, 6.07) is -9.20. The summed E-state index contributed by atoms with van der Waals surface area (Å²) in [5.41, 5.74) is 10.5. The molecule has 0 spiro atoms. The molecule has 0 aromatic carbocycles. The number of amides is 6. The van der Waals surface area contributed by atoms with Gasteiger partial charge in [-0.1, -0.05) is 0 Å². The van der Waals surface area contributed by atoms with Crippen molar-refractivity contribution in [1.29, 1.82) is 0 Å². The minimum Gasteiger partial charge on any atom is -0.480 e. The maximum Gasteiger partial charge on any atom is 0.328 e. The van der Waals surface area contributed by atoms with Crippen molar-refractivity contribution in [2.75, 3.05) is 12.4 Å². The van der Waals surface area contributed by atoms with E-state index in [-0.39, 0.29) is 5.75 Å². The zero-order valence-corrected chi connectivity index (χ0v) is 22.9. The molecule has 0 heterocycles. The highest BCUT2D eigenvalue weighted by molar-refractivity contribution is 7.80. The molecule has 0 fully saturated rings. The molecule has 40 heavy (non-hydrogen) atoms. The molecule has 0 aromatic heterocycles. The number of carbonyl (C=O) groups excluding carboxylic acids is 6. The second-order valence-corrected chi connectivity index (χ2v) is 9.15. The lowest BCUT2D eigenvalue weighted by atomic mass is 10.1. The maximum absolute atomic E-state index is 12.9. The predicted molar refractivity (Wildman–Crippen MR) is 139 cm³/mol. The van der Waals surface area contributed by atoms with Crippen LogP contribution in [0, 0.1) is 0 Å². The van der Waals surface area contributed by atoms with E-state index in [0.29, 0.717) is 0 Å². The molecule has 8 atom stereocenters. The SMILES string of the molecule is C[C@H](NC(=O)[C@@H](NC(=O)[C@H](CC(N)=O)NC(=O)[C@H](CS)NC(=O)[C@@H](N)CO)[C@@H](C)O)C(=O)N[C@H](C(=O)O)[C@@H](C)O. The molecule has 0 aliphatic carbocycles. The smallest absolute Gasteiger partial charge is 0.328 e. The van der Waals surface area contributed by atoms with Crippen molar-refractivity contribution < 1.29 is 54.0 Å². The first-order chi connectivity index (χ1) is 18.5. The molecule has 0 aliphatic rings. The maximum atomic E-state index is 12.9. The molecular weight excluding hydrogens is 558 g/mol. The quantitative estimate of drug-likeness (QED) is 0.0698. The molecule has 0 saturated carbocycles. The lowest BCUT2D eigenvalue weighted by Gasteiger charge is -2.27. The summed E-state index contributed by atoms with van der Waals surface area (Å²) in [6.07, 6.45) is -3.80. The van der Waals surface area contributed by atoms with Crippen molar-refractivity contribution in [3.8, 4) is 0 Å². The number of aliphatic hydroxyl groups excluding tert-OH is 3. The summed E-state index contributed by atoms with van der Waals surface area (Å²) in [5.74, 6) is -8.00. The van der Waals surface area contributed by atoms with Crippen molar-refractivity contribution >= 4 is 54.0 Å². The Labute approximate surface area is 234 Å². The van der Waals surface area contributed by atoms with Crippen molar-refractivity contribution in [3.63, 3.8) is 0 Å². The summed E-state index contributed by atoms with van der Waals surface area (Å²) >= 11 is 3.94. The van der Waals surface area contributed by atoms with E-state index >= 15 is 0 Å². The Hall–Kier alpha value is -3.52. The Morgan fingerprint density at radius 1 is 0.725 bits per heavy atom. The highest BCUT2D eigenvalue weighted by Crippen LogP contribution is 2.02. The largest absolute Gasteiger partial charge is 0.480 e. The topological polar surface area (TPSA) is 313 Å². The van der Waals surface area contributed by atoms with Crippen LogP contribution in [0.4, 0.5) is 0 Å². The fraction of sp³-hybridized carbons (Fsp3) is 0.667. The monoisotopic (exact) mass is 595 g/mol. The summed E-state index contributed by atoms with van der Waals surface area (Å²) in [6.45, 7) is 2.68. The lowest BCUT2D eigenvalue weighted by Crippen LogP contribution is -2.61. The number of thiol groups is 1. The molecule has 0 saturated heterocycles. The third kappa shape index (κ3) is 12.1. The zero-order valence-electron chi connectivity index (χ0n) is 22.0. The van der Waals surface area contributed by atoms with Crippen molar-refractivity contribution in [3.05, 3.63) is 0 Å². The van der Waals surface area contributed by atoms with Crippen LogP contribution >= 0.6 is 12.6 Å². The zero-order chi connectivity index (χ0) is 31.3. The first kappa shape index (κ1) is 36.5. The average Bonchev–Trinajstić information content (AvgIpc) is 2.86. The number of carboxylic acid groups (broad SMARTS) is 1. The van der Waals surface area contributed by atoms with Gasteiger partial charge in [-0.25, -0.2) is 4.79 Å². The molecule has 0 aromatic rings. The molecule has 19 heteroatoms. The normalized spacial score (nSPS) is 16.9. The molecule has 0 aliphatic heterocycles. The van der Waals surface area contributed by atoms with Crippen LogP contribution in [-0.4, -0.2) is 123 Å². The standard InChI is InChI=1S/C21H37N7O11S/c1-7(16(33)28-15(9(3)31)21(38)39)24-20(37)14(8(2)30)27-18(35)11(4-13(23)32)25-19(36)12(6-40)26-17(34)10(22)5-29/h7-12,14-15,29-31,40H,4-6,22H2,1-3H3,(H2,23,32)(H,24,37)(H,25,36)(H,26,34)(H,27,35)(H,28,33)(H,38,39)/t7-,8+,9+,10-,11-,12-,14-,15-/m0/s1. The fourth-order valence-electron chi connectivity index (χ4n) is 2.93. The third-order valence-electron chi connectivity index (χ3n) is 5.25. The van der Waals surface area contributed by atoms with Gasteiger partial charge in [-0.15, -0.1) is 0 Å². The van der Waals surface area contributed by atoms with Gasteiger partial charge in [-0.3, -0.25) is 28.8 Å². The van der Waals surface area contributed by atoms with E-state index < -0.39 is 103 Å². The number of primary amides is 1. The molecule has 228 valence electrons. The van der Waals surface area contributed by atoms with Gasteiger partial charge in [0.25, 0.3) is 0 Å². The number of nitrogens with one attached hydrogen (secondary N) is 5. The Morgan fingerprint density at radius 3 is 1.62 bits per heavy atom. The predicted octanol–water partition coefficient (Wildman–Crippen LogP) is -6.60. The van der Waals surface area contributed by atoms with E-state index in [9.17, 15) is 43.8 Å². The van der Waals surface area contributed by atoms with Crippen molar-refractivity contribution in [2.24, 2.45) is 11.5 Å². The average molecular weight is 596 g/mol. The minimum atomic E-state index is -1.73. The van der Waals surface area contributed by atoms with Crippen LogP contribution in [0.15, 0.2) is 0 Å². The summed E-state index contributed by atoms with van der Waals surface area (Å²) in [7, 11) is 0. The summed E-state index contributed by atoms with van der Waals surface area (Å²) < 4.78 is 0. The molecule has 13 N–H and O–H groups in total. The number of carboxylic acids is 1. The van der Waals surface area contributed by atoms with Gasteiger partial charge in [-0.05, 0) is 20.8 Å². The fourth-order valence-corrected chi connectivity index (χ4v) is 3.19. The van der Waals surface area contributed by atoms with Gasteiger partial charge in [0.1, 0.15) is 30.2 Å². The van der Waals surface area contributed by atoms with E-state index in [2.05, 4.69) is 33.9 Å². The van der Waals surface area contributed by atoms with Crippen LogP contribution in [0.1, 0.15) is 27.2 Å². The van der Waals surface area contributed by atoms with Gasteiger partial charge >= 0.3 is 5.97 Å². The second-order valence-electron chi connectivity index (χ2n) is 8.79. The van der Waals surface area contributed by atoms with E-state index in [0.717, 1.165) is 13.8 Å². The minimum absolute atomic E-state index is 0.281. The number of hydrogen-bond donors (Lipinski definition) is 12. The van der Waals surface area contributed by atoms with Crippen LogP contribution < -0.4 is 38.1 Å². The first-order valence-electron chi connectivity index (χ1n) is 11.8. The Balaban J connectivity index is 5.58. The number of aliphatic hydroxyl groups is 3. The van der Waals surface area contributed by atoms with Crippen LogP contribution in [0.25, 0.3) is 0 Å². The number of aliphatic carboxylic acids is 1. The van der Waals surface area contributed by atoms with Crippen LogP contribution in [-0.2, 0) is 33.6 Å². The number of nitrogens with two attached hydrogens (primary N) is 2. The van der Waals surface area contributed by atoms with Gasteiger partial charge in [0.15, 0.2) is 6.04 Å². The number of rotatable bonds is 17. The van der Waals surface area contributed by atoms with Crippen molar-refractivity contribution in [2.45, 2.75) is 75.7 Å². The number of hydrogen-bond acceptors (Lipinski definition) is 12. The van der Waals surface area contributed by atoms with E-state index in [1.54, 1.807) is 0 Å². The lowest BCUT2D eigenvalue weighted by molar-refractivity contribution is -0.145. The van der Waals surface area contributed by atoms with Gasteiger partial charge in [0.2, 0.25) is 35.4 Å². The third-order valence-corrected chi connectivity index (χ3v) is 5.61. The summed E-state index contributed by atoms with van der Waals surface area (Å²) in [5, 5.41) is 48.3. The highest BCUT2D eigenvalue weighted by Gasteiger charge is 2.34. The molecule has 6 amide bonds. The van der Waals surface area contributed by atoms with Crippen LogP contribution in [0.3, 0.4) is 0 Å². The Morgan fingerprint density at radius 2 is 1.20 bits per heavy atom. The van der Waals surface area contributed by atoms with Gasteiger partial charge in [0, 0.05) is 5.75 Å². The molecule has 0 radical (unpaired) electrons. The molecule has 18 nitrogen and oxygen atoms in total. The first-order valence-corrected chi connectivity index (χ1v) is 12.5. The second kappa shape index (κ2) is 17.2. The van der Waals surface area contributed by atoms with Gasteiger partial charge in [0.05, 0.1) is 25.2 Å². The van der Waals surface area contributed by atoms with Crippen LogP contribution in [0.2, 0.25) is 0 Å². The van der Waals surface area contributed by atoms with Crippen molar-refractivity contribution in [1.82, 2.24) is 26.6 Å². The Kier molecular flexibility index (Phi) is 15.7. The van der Waals surface area contributed by atoms with Crippen LogP contribution in [0.5, 0.6) is 0 Å². The summed E-state index contributed by atoms with van der Waals surface area (Å²) in [4.78, 5) is 85.1. The molecule has 0 unspecified atom stereocenters.